The molecule has 154 valence electrons. The Balaban J connectivity index is 1.41. The number of anilines is 1. The van der Waals surface area contributed by atoms with Gasteiger partial charge in [0, 0.05) is 29.7 Å². The number of hydrogen-bond donors (Lipinski definition) is 0. The standard InChI is InChI=1S/C22H27N3O3S/c1-3-28-22(27)18-5-4-9-24(12-18)13-21(26)25-10-8-17-11-16(6-7-20(17)25)19-14-29-15(2)23-19/h6-7,11,14,18H,3-5,8-10,12-13H2,1-2H3/t18-/m1/s1. The van der Waals surface area contributed by atoms with Crippen molar-refractivity contribution in [3.8, 4) is 11.3 Å². The number of aryl methyl sites for hydroxylation is 1. The fraction of sp³-hybridized carbons (Fsp3) is 0.500. The Kier molecular flexibility index (Phi) is 5.96. The topological polar surface area (TPSA) is 62.7 Å². The highest BCUT2D eigenvalue weighted by Crippen LogP contribution is 2.33. The lowest BCUT2D eigenvalue weighted by atomic mass is 9.98. The SMILES string of the molecule is CCOC(=O)[C@@H]1CCCN(CC(=O)N2CCc3cc(-c4csc(C)n4)ccc32)C1. The van der Waals surface area contributed by atoms with Gasteiger partial charge in [-0.2, -0.15) is 0 Å². The molecule has 1 aromatic carbocycles. The molecular formula is C22H27N3O3S. The summed E-state index contributed by atoms with van der Waals surface area (Å²) in [5, 5.41) is 3.13. The second kappa shape index (κ2) is 8.63. The Labute approximate surface area is 175 Å². The first kappa shape index (κ1) is 20.0. The lowest BCUT2D eigenvalue weighted by Crippen LogP contribution is -2.45. The van der Waals surface area contributed by atoms with E-state index in [1.54, 1.807) is 11.3 Å². The third-order valence-electron chi connectivity index (χ3n) is 5.68. The van der Waals surface area contributed by atoms with Gasteiger partial charge in [-0.25, -0.2) is 4.98 Å². The van der Waals surface area contributed by atoms with E-state index in [1.807, 2.05) is 24.8 Å². The molecule has 2 aromatic rings. The molecule has 6 nitrogen and oxygen atoms in total. The van der Waals surface area contributed by atoms with Crippen molar-refractivity contribution in [1.29, 1.82) is 0 Å². The number of likely N-dealkylation sites (tertiary alicyclic amines) is 1. The Morgan fingerprint density at radius 1 is 1.31 bits per heavy atom. The zero-order chi connectivity index (χ0) is 20.4. The number of ether oxygens (including phenoxy) is 1. The molecule has 29 heavy (non-hydrogen) atoms. The number of amides is 1. The van der Waals surface area contributed by atoms with Crippen LogP contribution in [0.5, 0.6) is 0 Å². The van der Waals surface area contributed by atoms with E-state index in [-0.39, 0.29) is 17.8 Å². The van der Waals surface area contributed by atoms with Gasteiger partial charge in [-0.15, -0.1) is 11.3 Å². The minimum absolute atomic E-state index is 0.102. The smallest absolute Gasteiger partial charge is 0.310 e. The Morgan fingerprint density at radius 2 is 2.17 bits per heavy atom. The van der Waals surface area contributed by atoms with Gasteiger partial charge in [-0.1, -0.05) is 6.07 Å². The molecule has 7 heteroatoms. The lowest BCUT2D eigenvalue weighted by molar-refractivity contribution is -0.150. The van der Waals surface area contributed by atoms with E-state index in [0.717, 1.165) is 47.8 Å². The van der Waals surface area contributed by atoms with Crippen LogP contribution in [0, 0.1) is 12.8 Å². The monoisotopic (exact) mass is 413 g/mol. The second-order valence-electron chi connectivity index (χ2n) is 7.72. The maximum atomic E-state index is 13.0. The van der Waals surface area contributed by atoms with E-state index in [9.17, 15) is 9.59 Å². The van der Waals surface area contributed by atoms with Gasteiger partial charge in [-0.05, 0) is 57.4 Å². The first-order valence-electron chi connectivity index (χ1n) is 10.3. The van der Waals surface area contributed by atoms with Crippen molar-refractivity contribution < 1.29 is 14.3 Å². The van der Waals surface area contributed by atoms with Crippen molar-refractivity contribution in [3.63, 3.8) is 0 Å². The molecular weight excluding hydrogens is 386 g/mol. The van der Waals surface area contributed by atoms with Gasteiger partial charge in [0.05, 0.1) is 29.8 Å². The molecule has 0 bridgehead atoms. The maximum Gasteiger partial charge on any atom is 0.310 e. The number of hydrogen-bond acceptors (Lipinski definition) is 6. The number of fused-ring (bicyclic) bond motifs is 1. The summed E-state index contributed by atoms with van der Waals surface area (Å²) in [6.07, 6.45) is 2.63. The van der Waals surface area contributed by atoms with Crippen LogP contribution in [-0.4, -0.2) is 54.5 Å². The van der Waals surface area contributed by atoms with E-state index in [4.69, 9.17) is 4.74 Å². The molecule has 0 saturated carbocycles. The number of carbonyl (C=O) groups excluding carboxylic acids is 2. The van der Waals surface area contributed by atoms with Crippen LogP contribution in [0.25, 0.3) is 11.3 Å². The maximum absolute atomic E-state index is 13.0. The number of esters is 1. The van der Waals surface area contributed by atoms with Crippen molar-refractivity contribution >= 4 is 28.9 Å². The van der Waals surface area contributed by atoms with Gasteiger partial charge in [0.15, 0.2) is 0 Å². The molecule has 0 aliphatic carbocycles. The van der Waals surface area contributed by atoms with E-state index in [1.165, 1.54) is 5.56 Å². The molecule has 1 amide bonds. The summed E-state index contributed by atoms with van der Waals surface area (Å²) in [6, 6.07) is 6.26. The van der Waals surface area contributed by atoms with Gasteiger partial charge < -0.3 is 9.64 Å². The van der Waals surface area contributed by atoms with E-state index < -0.39 is 0 Å². The van der Waals surface area contributed by atoms with E-state index in [2.05, 4.69) is 27.4 Å². The van der Waals surface area contributed by atoms with Crippen LogP contribution in [0.15, 0.2) is 23.6 Å². The molecule has 0 N–H and O–H groups in total. The zero-order valence-corrected chi connectivity index (χ0v) is 17.8. The molecule has 0 unspecified atom stereocenters. The predicted octanol–water partition coefficient (Wildman–Crippen LogP) is 3.28. The number of benzene rings is 1. The van der Waals surface area contributed by atoms with Crippen molar-refractivity contribution in [2.24, 2.45) is 5.92 Å². The molecule has 0 radical (unpaired) electrons. The number of aromatic nitrogens is 1. The summed E-state index contributed by atoms with van der Waals surface area (Å²) in [5.74, 6) is -0.155. The highest BCUT2D eigenvalue weighted by molar-refractivity contribution is 7.09. The lowest BCUT2D eigenvalue weighted by Gasteiger charge is -2.32. The van der Waals surface area contributed by atoms with Crippen LogP contribution in [0.1, 0.15) is 30.3 Å². The number of thiazole rings is 1. The number of rotatable bonds is 5. The summed E-state index contributed by atoms with van der Waals surface area (Å²) in [5.41, 5.74) is 4.31. The fourth-order valence-corrected chi connectivity index (χ4v) is 4.87. The van der Waals surface area contributed by atoms with Crippen LogP contribution in [-0.2, 0) is 20.7 Å². The normalized spacial score (nSPS) is 19.2. The van der Waals surface area contributed by atoms with Gasteiger partial charge in [0.1, 0.15) is 0 Å². The largest absolute Gasteiger partial charge is 0.466 e. The Morgan fingerprint density at radius 3 is 2.93 bits per heavy atom. The molecule has 1 atom stereocenters. The predicted molar refractivity (Wildman–Crippen MR) is 114 cm³/mol. The van der Waals surface area contributed by atoms with Crippen molar-refractivity contribution in [1.82, 2.24) is 9.88 Å². The highest BCUT2D eigenvalue weighted by Gasteiger charge is 2.31. The van der Waals surface area contributed by atoms with Gasteiger partial charge in [0.2, 0.25) is 5.91 Å². The summed E-state index contributed by atoms with van der Waals surface area (Å²) in [7, 11) is 0. The summed E-state index contributed by atoms with van der Waals surface area (Å²) in [4.78, 5) is 33.6. The van der Waals surface area contributed by atoms with Crippen LogP contribution < -0.4 is 4.90 Å². The molecule has 2 aliphatic rings. The first-order valence-corrected chi connectivity index (χ1v) is 11.2. The van der Waals surface area contributed by atoms with E-state index in [0.29, 0.717) is 26.2 Å². The van der Waals surface area contributed by atoms with Crippen molar-refractivity contribution in [3.05, 3.63) is 34.2 Å². The Hall–Kier alpha value is -2.25. The molecule has 1 aromatic heterocycles. The molecule has 1 saturated heterocycles. The molecule has 1 fully saturated rings. The first-order chi connectivity index (χ1) is 14.0. The summed E-state index contributed by atoms with van der Waals surface area (Å²) in [6.45, 7) is 6.76. The number of piperidine rings is 1. The number of nitrogens with zero attached hydrogens (tertiary/aromatic N) is 3. The molecule has 3 heterocycles. The van der Waals surface area contributed by atoms with Crippen LogP contribution in [0.4, 0.5) is 5.69 Å². The molecule has 2 aliphatic heterocycles. The third kappa shape index (κ3) is 4.36. The van der Waals surface area contributed by atoms with Crippen LogP contribution >= 0.6 is 11.3 Å². The van der Waals surface area contributed by atoms with Gasteiger partial charge in [-0.3, -0.25) is 14.5 Å². The van der Waals surface area contributed by atoms with Gasteiger partial charge >= 0.3 is 5.97 Å². The van der Waals surface area contributed by atoms with Crippen LogP contribution in [0.3, 0.4) is 0 Å². The minimum Gasteiger partial charge on any atom is -0.466 e. The highest BCUT2D eigenvalue weighted by atomic mass is 32.1. The van der Waals surface area contributed by atoms with E-state index >= 15 is 0 Å². The Bertz CT molecular complexity index is 910. The average molecular weight is 414 g/mol. The third-order valence-corrected chi connectivity index (χ3v) is 6.45. The molecule has 0 spiro atoms. The summed E-state index contributed by atoms with van der Waals surface area (Å²) < 4.78 is 5.16. The van der Waals surface area contributed by atoms with Crippen molar-refractivity contribution in [2.75, 3.05) is 37.7 Å². The quantitative estimate of drug-likeness (QED) is 0.704. The van der Waals surface area contributed by atoms with Gasteiger partial charge in [0.25, 0.3) is 0 Å². The number of carbonyl (C=O) groups is 2. The zero-order valence-electron chi connectivity index (χ0n) is 17.0. The van der Waals surface area contributed by atoms with Crippen LogP contribution in [0.2, 0.25) is 0 Å². The van der Waals surface area contributed by atoms with Crippen molar-refractivity contribution in [2.45, 2.75) is 33.1 Å². The minimum atomic E-state index is -0.138. The average Bonchev–Trinajstić information content (AvgIpc) is 3.34. The fourth-order valence-electron chi connectivity index (χ4n) is 4.24. The molecule has 4 rings (SSSR count). The second-order valence-corrected chi connectivity index (χ2v) is 8.78. The summed E-state index contributed by atoms with van der Waals surface area (Å²) >= 11 is 1.65.